The highest BCUT2D eigenvalue weighted by Gasteiger charge is 2.06. The molecule has 1 aromatic heterocycles. The van der Waals surface area contributed by atoms with Crippen LogP contribution < -0.4 is 10.9 Å². The first-order valence-corrected chi connectivity index (χ1v) is 6.26. The van der Waals surface area contributed by atoms with Gasteiger partial charge in [0.1, 0.15) is 0 Å². The molecule has 2 aromatic rings. The van der Waals surface area contributed by atoms with Crippen LogP contribution >= 0.6 is 11.6 Å². The van der Waals surface area contributed by atoms with Crippen molar-refractivity contribution in [3.8, 4) is 0 Å². The van der Waals surface area contributed by atoms with E-state index in [0.29, 0.717) is 18.2 Å². The van der Waals surface area contributed by atoms with Crippen LogP contribution in [0.5, 0.6) is 0 Å². The van der Waals surface area contributed by atoms with Crippen LogP contribution in [-0.4, -0.2) is 9.55 Å². The SMILES string of the molecule is CCn1ccnc(Nc2ccccc2CCl)c1=O. The third-order valence-electron chi connectivity index (χ3n) is 2.67. The number of anilines is 2. The van der Waals surface area contributed by atoms with E-state index < -0.39 is 0 Å². The lowest BCUT2D eigenvalue weighted by Gasteiger charge is -2.10. The minimum Gasteiger partial charge on any atom is -0.335 e. The zero-order chi connectivity index (χ0) is 13.0. The number of benzene rings is 1. The molecule has 1 N–H and O–H groups in total. The molecule has 4 nitrogen and oxygen atoms in total. The minimum absolute atomic E-state index is 0.135. The Hall–Kier alpha value is -1.81. The molecule has 0 unspecified atom stereocenters. The van der Waals surface area contributed by atoms with Crippen molar-refractivity contribution in [2.24, 2.45) is 0 Å². The summed E-state index contributed by atoms with van der Waals surface area (Å²) in [6, 6.07) is 7.59. The fraction of sp³-hybridized carbons (Fsp3) is 0.231. The first-order chi connectivity index (χ1) is 8.76. The molecule has 2 rings (SSSR count). The van der Waals surface area contributed by atoms with Crippen LogP contribution in [0.2, 0.25) is 0 Å². The average Bonchev–Trinajstić information content (AvgIpc) is 2.42. The van der Waals surface area contributed by atoms with Crippen molar-refractivity contribution in [1.29, 1.82) is 0 Å². The Kier molecular flexibility index (Phi) is 3.99. The van der Waals surface area contributed by atoms with Crippen LogP contribution in [-0.2, 0) is 12.4 Å². The van der Waals surface area contributed by atoms with Gasteiger partial charge in [0.15, 0.2) is 5.82 Å². The van der Waals surface area contributed by atoms with Gasteiger partial charge in [-0.3, -0.25) is 4.79 Å². The van der Waals surface area contributed by atoms with Crippen LogP contribution in [0.4, 0.5) is 11.5 Å². The molecule has 0 aliphatic carbocycles. The van der Waals surface area contributed by atoms with Gasteiger partial charge < -0.3 is 9.88 Å². The number of para-hydroxylation sites is 1. The molecular formula is C13H14ClN3O. The van der Waals surface area contributed by atoms with E-state index in [4.69, 9.17) is 11.6 Å². The fourth-order valence-electron chi connectivity index (χ4n) is 1.67. The van der Waals surface area contributed by atoms with E-state index in [-0.39, 0.29) is 5.56 Å². The van der Waals surface area contributed by atoms with Crippen LogP contribution in [0.25, 0.3) is 0 Å². The van der Waals surface area contributed by atoms with E-state index in [2.05, 4.69) is 10.3 Å². The highest BCUT2D eigenvalue weighted by Crippen LogP contribution is 2.19. The van der Waals surface area contributed by atoms with Crippen molar-refractivity contribution in [2.75, 3.05) is 5.32 Å². The zero-order valence-electron chi connectivity index (χ0n) is 10.1. The van der Waals surface area contributed by atoms with Crippen molar-refractivity contribution in [3.63, 3.8) is 0 Å². The zero-order valence-corrected chi connectivity index (χ0v) is 10.8. The highest BCUT2D eigenvalue weighted by atomic mass is 35.5. The van der Waals surface area contributed by atoms with E-state index >= 15 is 0 Å². The molecule has 0 amide bonds. The van der Waals surface area contributed by atoms with Crippen LogP contribution in [0.3, 0.4) is 0 Å². The van der Waals surface area contributed by atoms with E-state index in [1.165, 1.54) is 0 Å². The van der Waals surface area contributed by atoms with Crippen molar-refractivity contribution < 1.29 is 0 Å². The van der Waals surface area contributed by atoms with Gasteiger partial charge in [0, 0.05) is 30.5 Å². The molecule has 5 heteroatoms. The molecule has 0 fully saturated rings. The van der Waals surface area contributed by atoms with Crippen LogP contribution in [0, 0.1) is 0 Å². The summed E-state index contributed by atoms with van der Waals surface area (Å²) in [5.74, 6) is 0.703. The number of nitrogens with one attached hydrogen (secondary N) is 1. The van der Waals surface area contributed by atoms with E-state index in [1.807, 2.05) is 31.2 Å². The quantitative estimate of drug-likeness (QED) is 0.863. The van der Waals surface area contributed by atoms with Gasteiger partial charge in [-0.15, -0.1) is 11.6 Å². The van der Waals surface area contributed by atoms with Gasteiger partial charge in [-0.1, -0.05) is 18.2 Å². The third kappa shape index (κ3) is 2.54. The number of aromatic nitrogens is 2. The highest BCUT2D eigenvalue weighted by molar-refractivity contribution is 6.17. The Morgan fingerprint density at radius 2 is 2.17 bits per heavy atom. The number of alkyl halides is 1. The van der Waals surface area contributed by atoms with Crippen molar-refractivity contribution in [1.82, 2.24) is 9.55 Å². The summed E-state index contributed by atoms with van der Waals surface area (Å²) in [4.78, 5) is 16.1. The maximum absolute atomic E-state index is 12.0. The average molecular weight is 264 g/mol. The number of hydrogen-bond acceptors (Lipinski definition) is 3. The second-order valence-electron chi connectivity index (χ2n) is 3.78. The number of rotatable bonds is 4. The topological polar surface area (TPSA) is 46.9 Å². The van der Waals surface area contributed by atoms with Crippen LogP contribution in [0.1, 0.15) is 12.5 Å². The predicted molar refractivity (Wildman–Crippen MR) is 73.5 cm³/mol. The van der Waals surface area contributed by atoms with Gasteiger partial charge in [-0.05, 0) is 18.6 Å². The standard InChI is InChI=1S/C13H14ClN3O/c1-2-17-8-7-15-12(13(17)18)16-11-6-4-3-5-10(11)9-14/h3-8H,2,9H2,1H3,(H,15,16). The normalized spacial score (nSPS) is 10.3. The second kappa shape index (κ2) is 5.69. The molecule has 18 heavy (non-hydrogen) atoms. The Balaban J connectivity index is 2.37. The van der Waals surface area contributed by atoms with Gasteiger partial charge in [0.2, 0.25) is 0 Å². The van der Waals surface area contributed by atoms with Crippen molar-refractivity contribution in [2.45, 2.75) is 19.3 Å². The summed E-state index contributed by atoms with van der Waals surface area (Å²) < 4.78 is 1.60. The monoisotopic (exact) mass is 263 g/mol. The molecule has 1 heterocycles. The molecule has 0 atom stereocenters. The van der Waals surface area contributed by atoms with E-state index in [0.717, 1.165) is 11.3 Å². The summed E-state index contributed by atoms with van der Waals surface area (Å²) >= 11 is 5.85. The second-order valence-corrected chi connectivity index (χ2v) is 4.05. The molecule has 0 radical (unpaired) electrons. The van der Waals surface area contributed by atoms with Gasteiger partial charge in [0.25, 0.3) is 5.56 Å². The predicted octanol–water partition coefficient (Wildman–Crippen LogP) is 2.75. The Labute approximate surface area is 110 Å². The lowest BCUT2D eigenvalue weighted by molar-refractivity contribution is 0.720. The summed E-state index contributed by atoms with van der Waals surface area (Å²) in [6.45, 7) is 2.53. The molecule has 0 spiro atoms. The number of halogens is 1. The van der Waals surface area contributed by atoms with Gasteiger partial charge in [-0.2, -0.15) is 0 Å². The Morgan fingerprint density at radius 3 is 2.89 bits per heavy atom. The summed E-state index contributed by atoms with van der Waals surface area (Å²) in [5, 5.41) is 3.04. The van der Waals surface area contributed by atoms with Crippen molar-refractivity contribution in [3.05, 3.63) is 52.6 Å². The van der Waals surface area contributed by atoms with Crippen LogP contribution in [0.15, 0.2) is 41.5 Å². The molecule has 0 aliphatic rings. The van der Waals surface area contributed by atoms with E-state index in [9.17, 15) is 4.79 Å². The van der Waals surface area contributed by atoms with Gasteiger partial charge >= 0.3 is 0 Å². The first kappa shape index (κ1) is 12.6. The molecule has 0 saturated carbocycles. The first-order valence-electron chi connectivity index (χ1n) is 5.72. The van der Waals surface area contributed by atoms with Gasteiger partial charge in [0.05, 0.1) is 0 Å². The Morgan fingerprint density at radius 1 is 1.39 bits per heavy atom. The Bertz CT molecular complexity index is 595. The smallest absolute Gasteiger partial charge is 0.293 e. The van der Waals surface area contributed by atoms with Gasteiger partial charge in [-0.25, -0.2) is 4.98 Å². The fourth-order valence-corrected chi connectivity index (χ4v) is 1.90. The lowest BCUT2D eigenvalue weighted by Crippen LogP contribution is -2.22. The lowest BCUT2D eigenvalue weighted by atomic mass is 10.2. The van der Waals surface area contributed by atoms with E-state index in [1.54, 1.807) is 17.0 Å². The summed E-state index contributed by atoms with van der Waals surface area (Å²) in [5.41, 5.74) is 1.61. The molecular weight excluding hydrogens is 250 g/mol. The molecule has 1 aromatic carbocycles. The van der Waals surface area contributed by atoms with Crippen molar-refractivity contribution >= 4 is 23.1 Å². The summed E-state index contributed by atoms with van der Waals surface area (Å²) in [6.07, 6.45) is 3.28. The third-order valence-corrected chi connectivity index (χ3v) is 2.96. The molecule has 0 saturated heterocycles. The number of hydrogen-bond donors (Lipinski definition) is 1. The minimum atomic E-state index is -0.135. The number of nitrogens with zero attached hydrogens (tertiary/aromatic N) is 2. The maximum Gasteiger partial charge on any atom is 0.293 e. The molecule has 94 valence electrons. The molecule has 0 aliphatic heterocycles. The maximum atomic E-state index is 12.0. The summed E-state index contributed by atoms with van der Waals surface area (Å²) in [7, 11) is 0. The number of aryl methyl sites for hydroxylation is 1. The largest absolute Gasteiger partial charge is 0.335 e. The molecule has 0 bridgehead atoms.